The summed E-state index contributed by atoms with van der Waals surface area (Å²) in [5.74, 6) is 1.01. The molecule has 6 rings (SSSR count). The van der Waals surface area contributed by atoms with Crippen LogP contribution in [0, 0.1) is 25.0 Å². The van der Waals surface area contributed by atoms with Crippen LogP contribution in [-0.2, 0) is 56.3 Å². The van der Waals surface area contributed by atoms with Crippen LogP contribution in [0.15, 0.2) is 132 Å². The molecule has 0 aliphatic heterocycles. The van der Waals surface area contributed by atoms with Gasteiger partial charge in [-0.1, -0.05) is 5.16 Å². The molecule has 0 saturated carbocycles. The number of rotatable bonds is 24. The van der Waals surface area contributed by atoms with Crippen LogP contribution < -0.4 is 42.7 Å². The fourth-order valence-corrected chi connectivity index (χ4v) is 13.4. The van der Waals surface area contributed by atoms with E-state index in [0.29, 0.717) is 44.5 Å². The van der Waals surface area contributed by atoms with E-state index >= 15 is 0 Å². The normalized spacial score (nSPS) is 13.2. The third kappa shape index (κ3) is 38.5. The van der Waals surface area contributed by atoms with Crippen LogP contribution in [-0.4, -0.2) is 204 Å². The molecule has 0 saturated heterocycles. The maximum absolute atomic E-state index is 10.9. The summed E-state index contributed by atoms with van der Waals surface area (Å²) in [4.78, 5) is 1.78. The molecule has 6 aromatic rings. The van der Waals surface area contributed by atoms with E-state index in [-0.39, 0.29) is 13.0 Å². The quantitative estimate of drug-likeness (QED) is 0.0122. The molecule has 0 aliphatic carbocycles. The topological polar surface area (TPSA) is 324 Å². The third-order valence-electron chi connectivity index (χ3n) is 11.0. The Morgan fingerprint density at radius 1 is 0.776 bits per heavy atom. The number of benzene rings is 5. The summed E-state index contributed by atoms with van der Waals surface area (Å²) < 4.78 is 161. The molecule has 85 heavy (non-hydrogen) atoms. The van der Waals surface area contributed by atoms with Crippen molar-refractivity contribution in [3.05, 3.63) is 144 Å². The van der Waals surface area contributed by atoms with Crippen LogP contribution >= 0.6 is 12.0 Å². The van der Waals surface area contributed by atoms with Crippen LogP contribution in [0.3, 0.4) is 0 Å². The summed E-state index contributed by atoms with van der Waals surface area (Å²) in [5, 5.41) is 23.7. The van der Waals surface area contributed by atoms with Gasteiger partial charge in [0.1, 0.15) is 5.76 Å². The van der Waals surface area contributed by atoms with Crippen LogP contribution in [0.2, 0.25) is 16.6 Å². The molecule has 33 heteroatoms. The second-order valence-electron chi connectivity index (χ2n) is 18.5. The van der Waals surface area contributed by atoms with E-state index < -0.39 is 118 Å². The van der Waals surface area contributed by atoms with E-state index in [9.17, 15) is 44.2 Å². The molecule has 5 radical (unpaired) electrons. The SMILES string of the molecule is C#C[As](C)c1ccc(Nc2ccccc2)cc1.CC[As](C)c1ccc(N(CCSOO[O-])CCS(=O)(=O)[O-])cc1.CS(=O)(=O)[O-].Cc1onc(CCS(=O)(=O)[O-])c1C.[2H][AsH]([2H])([2H])c1ccc([N+](C)(C)C)cc1.[B][B][As]([B])c1ccc(NCS(=O)(=O)[O-])cc1. The van der Waals surface area contributed by atoms with Crippen LogP contribution in [0.1, 0.15) is 23.9 Å². The number of hydrogen-bond acceptors (Lipinski definition) is 21. The van der Waals surface area contributed by atoms with Gasteiger partial charge in [-0.3, -0.25) is 0 Å². The van der Waals surface area contributed by atoms with Gasteiger partial charge in [-0.15, -0.1) is 0 Å². The van der Waals surface area contributed by atoms with E-state index in [4.69, 9.17) is 40.9 Å². The first-order chi connectivity index (χ1) is 40.7. The van der Waals surface area contributed by atoms with E-state index in [1.54, 1.807) is 55.1 Å². The number of nitrogens with one attached hydrogen (secondary N) is 2. The second kappa shape index (κ2) is 40.2. The van der Waals surface area contributed by atoms with E-state index in [1.807, 2.05) is 54.6 Å². The molecule has 0 bridgehead atoms. The molecule has 0 amide bonds. The molecule has 21 nitrogen and oxygen atoms in total. The first kappa shape index (κ1) is 74.0. The Labute approximate surface area is 535 Å². The first-order valence-electron chi connectivity index (χ1n) is 26.4. The molecule has 0 fully saturated rings. The number of anilines is 4. The molecular weight excluding hydrogens is 1440 g/mol. The van der Waals surface area contributed by atoms with E-state index in [2.05, 4.69) is 106 Å². The minimum absolute atomic E-state index is 0.0886. The van der Waals surface area contributed by atoms with Gasteiger partial charge in [0.15, 0.2) is 0 Å². The fourth-order valence-electron chi connectivity index (χ4n) is 6.26. The molecule has 3 atom stereocenters. The monoisotopic (exact) mass is 1520 g/mol. The van der Waals surface area contributed by atoms with Gasteiger partial charge in [-0.2, -0.15) is 0 Å². The van der Waals surface area contributed by atoms with Crippen molar-refractivity contribution in [2.24, 2.45) is 0 Å². The van der Waals surface area contributed by atoms with E-state index in [1.165, 1.54) is 19.8 Å². The van der Waals surface area contributed by atoms with Crippen LogP contribution in [0.25, 0.3) is 0 Å². The van der Waals surface area contributed by atoms with E-state index in [0.717, 1.165) is 44.7 Å². The van der Waals surface area contributed by atoms with Crippen LogP contribution in [0.4, 0.5) is 28.4 Å². The third-order valence-corrected chi connectivity index (χ3v) is 24.2. The minimum atomic E-state index is -4.29. The summed E-state index contributed by atoms with van der Waals surface area (Å²) in [5.41, 5.74) is 10.5. The van der Waals surface area contributed by atoms with Gasteiger partial charge in [-0.05, 0) is 13.8 Å². The molecule has 5 aromatic carbocycles. The Hall–Kier alpha value is -3.47. The van der Waals surface area contributed by atoms with Gasteiger partial charge in [0, 0.05) is 24.0 Å². The second-order valence-corrected chi connectivity index (χ2v) is 39.1. The molecule has 1 aromatic heterocycles. The Morgan fingerprint density at radius 3 is 1.74 bits per heavy atom. The molecular formula is C52H71As4B3N5O16S5-4. The number of terminal acetylenes is 1. The maximum atomic E-state index is 10.9. The van der Waals surface area contributed by atoms with Crippen molar-refractivity contribution >= 4 is 179 Å². The zero-order valence-electron chi connectivity index (χ0n) is 51.3. The number of quaternary nitrogens is 1. The van der Waals surface area contributed by atoms with Crippen molar-refractivity contribution < 1.29 is 71.0 Å². The van der Waals surface area contributed by atoms with Gasteiger partial charge in [0.25, 0.3) is 0 Å². The van der Waals surface area contributed by atoms with Gasteiger partial charge in [0.05, 0.1) is 25.9 Å². The van der Waals surface area contributed by atoms with Crippen molar-refractivity contribution in [3.8, 4) is 11.1 Å². The zero-order chi connectivity index (χ0) is 67.1. The van der Waals surface area contributed by atoms with Gasteiger partial charge < -0.3 is 13.6 Å². The fraction of sp³-hybridized carbons (Fsp3) is 0.327. The summed E-state index contributed by atoms with van der Waals surface area (Å²) in [6, 6.07) is 40.8. The van der Waals surface area contributed by atoms with Crippen molar-refractivity contribution in [1.82, 2.24) is 9.64 Å². The van der Waals surface area contributed by atoms with Crippen molar-refractivity contribution in [3.63, 3.8) is 0 Å². The van der Waals surface area contributed by atoms with Crippen molar-refractivity contribution in [2.45, 2.75) is 43.8 Å². The van der Waals surface area contributed by atoms with Gasteiger partial charge >= 0.3 is 435 Å². The average molecular weight is 1520 g/mol. The Balaban J connectivity index is 0.000000546. The van der Waals surface area contributed by atoms with Crippen molar-refractivity contribution in [2.75, 3.05) is 79.2 Å². The number of hydrogen-bond donors (Lipinski definition) is 2. The molecule has 2 N–H and O–H groups in total. The van der Waals surface area contributed by atoms with Crippen LogP contribution in [0.5, 0.6) is 0 Å². The molecule has 463 valence electrons. The Kier molecular flexibility index (Phi) is 35.0. The van der Waals surface area contributed by atoms with Gasteiger partial charge in [0.2, 0.25) is 0 Å². The number of aromatic nitrogens is 1. The summed E-state index contributed by atoms with van der Waals surface area (Å²) >= 11 is -6.95. The molecule has 1 heterocycles. The van der Waals surface area contributed by atoms with Gasteiger partial charge in [-0.25, -0.2) is 16.8 Å². The zero-order valence-corrected chi connectivity index (χ0v) is 60.2. The number of para-hydroxylation sites is 1. The number of nitrogens with zero attached hydrogens (tertiary/aromatic N) is 3. The summed E-state index contributed by atoms with van der Waals surface area (Å²) in [6.45, 7) is 12.0. The Bertz CT molecular complexity index is 3460. The Morgan fingerprint density at radius 2 is 1.29 bits per heavy atom. The summed E-state index contributed by atoms with van der Waals surface area (Å²) in [6.07, 6.45) is 6.19. The molecule has 3 unspecified atom stereocenters. The average Bonchev–Trinajstić information content (AvgIpc) is 3.50. The molecule has 0 spiro atoms. The first-order valence-corrected chi connectivity index (χ1v) is 44.5. The van der Waals surface area contributed by atoms with Crippen molar-refractivity contribution in [1.29, 1.82) is 2.73 Å². The standard InChI is InChI=1S/C15H14AsN.C13H22AsNO6S2.C9H17AsN.C7H8AsB3NO3S.C7H11NO4S.CH4O3S/c1-3-16(2)13-9-11-15(12-10-13)17-14-7-5-4-6-8-14;1-3-14(2)12-4-6-13(7-5-12)15(8-10-22-21-20-16)9-11-23(17,18)19;1-11(2,3)9-6-4-8(10)5-7-9;9-8(11-10)6-1-3-7(4-2-6)12-5-16(13,14)15;1-5-6(2)12-8-7(5)3-4-13(9,10)11;1-5(2,3)4/h1,4-12,17H,2H3;4-7,16H,3,8-11H2,1-2H3,(H,17,18,19);4-7H,1-3H3,10H4;1-4,12H,5H2,(H,13,14,15);3-4H2,1-2H3,(H,9,10,11);1H3,(H,2,3,4)/q;;+1;;;/p-5/i;;10D3;;;. The predicted octanol–water partition coefficient (Wildman–Crippen LogP) is 0.595. The molecule has 0 aliphatic rings. The number of aryl methyl sites for hydroxylation is 2. The predicted molar refractivity (Wildman–Crippen MR) is 350 cm³/mol. The summed E-state index contributed by atoms with van der Waals surface area (Å²) in [7, 11) is -5.10.